The summed E-state index contributed by atoms with van der Waals surface area (Å²) in [5.41, 5.74) is 17.0. The highest BCUT2D eigenvalue weighted by Gasteiger charge is 2.46. The number of allylic oxidation sites excluding steroid dienone is 5. The highest BCUT2D eigenvalue weighted by atomic mass is 32.2. The van der Waals surface area contributed by atoms with E-state index in [0.29, 0.717) is 0 Å². The Morgan fingerprint density at radius 3 is 1.83 bits per heavy atom. The van der Waals surface area contributed by atoms with Crippen molar-refractivity contribution in [2.75, 3.05) is 0 Å². The van der Waals surface area contributed by atoms with E-state index in [4.69, 9.17) is 0 Å². The standard InChI is InChI=1S/C55H36N3OS/c59-55-43-20-8-7-17-40(43)46-31-37(35-24-27-50-45(30-35)42-19-10-12-22-48(42)57(50)39-15-5-2-6-16-39)33-53-54(46)58(55)51-28-25-36(32-52(51)60-53)34-23-26-49-44(29-34)41-18-9-11-21-47(41)56(49)38-13-3-1-4-14-38/h1-6,8-16,18-33,52H,7,17H2/q+1. The van der Waals surface area contributed by atoms with Crippen LogP contribution in [0.4, 0.5) is 5.69 Å². The van der Waals surface area contributed by atoms with Crippen LogP contribution in [0.5, 0.6) is 0 Å². The highest BCUT2D eigenvalue weighted by molar-refractivity contribution is 8.01. The Morgan fingerprint density at radius 2 is 1.15 bits per heavy atom. The van der Waals surface area contributed by atoms with Gasteiger partial charge in [0.25, 0.3) is 0 Å². The fourth-order valence-corrected chi connectivity index (χ4v) is 11.5. The van der Waals surface area contributed by atoms with E-state index < -0.39 is 0 Å². The zero-order valence-electron chi connectivity index (χ0n) is 32.5. The van der Waals surface area contributed by atoms with Crippen molar-refractivity contribution in [2.24, 2.45) is 0 Å². The van der Waals surface area contributed by atoms with E-state index in [1.165, 1.54) is 65.9 Å². The monoisotopic (exact) mass is 786 g/mol. The molecule has 0 saturated carbocycles. The van der Waals surface area contributed by atoms with E-state index in [9.17, 15) is 4.79 Å². The van der Waals surface area contributed by atoms with Crippen molar-refractivity contribution in [3.63, 3.8) is 0 Å². The third kappa shape index (κ3) is 4.87. The number of carbonyl (C=O) groups excluding carboxylic acids is 1. The van der Waals surface area contributed by atoms with Gasteiger partial charge in [-0.05, 0) is 126 Å². The number of rotatable bonds is 4. The van der Waals surface area contributed by atoms with Gasteiger partial charge in [-0.15, -0.1) is 16.3 Å². The van der Waals surface area contributed by atoms with E-state index in [1.807, 2.05) is 16.3 Å². The van der Waals surface area contributed by atoms with Crippen molar-refractivity contribution in [2.45, 2.75) is 23.0 Å². The minimum absolute atomic E-state index is 0.0352. The zero-order valence-corrected chi connectivity index (χ0v) is 33.4. The van der Waals surface area contributed by atoms with Crippen molar-refractivity contribution in [3.05, 3.63) is 205 Å². The van der Waals surface area contributed by atoms with Gasteiger partial charge in [-0.25, -0.2) is 4.79 Å². The van der Waals surface area contributed by atoms with Gasteiger partial charge in [0, 0.05) is 39.0 Å². The molecule has 0 radical (unpaired) electrons. The molecular weight excluding hydrogens is 751 g/mol. The molecule has 60 heavy (non-hydrogen) atoms. The number of hydrogen-bond acceptors (Lipinski definition) is 2. The van der Waals surface area contributed by atoms with Gasteiger partial charge in [0.05, 0.1) is 38.1 Å². The summed E-state index contributed by atoms with van der Waals surface area (Å²) >= 11 is 1.86. The highest BCUT2D eigenvalue weighted by Crippen LogP contribution is 2.51. The summed E-state index contributed by atoms with van der Waals surface area (Å²) < 4.78 is 6.76. The third-order valence-electron chi connectivity index (χ3n) is 12.8. The first kappa shape index (κ1) is 33.7. The van der Waals surface area contributed by atoms with Gasteiger partial charge in [0.2, 0.25) is 11.4 Å². The largest absolute Gasteiger partial charge is 0.425 e. The maximum absolute atomic E-state index is 14.6. The molecule has 7 aromatic carbocycles. The molecule has 4 nitrogen and oxygen atoms in total. The van der Waals surface area contributed by atoms with Crippen LogP contribution >= 0.6 is 11.8 Å². The van der Waals surface area contributed by atoms with Crippen LogP contribution in [0, 0.1) is 0 Å². The summed E-state index contributed by atoms with van der Waals surface area (Å²) in [4.78, 5) is 15.8. The molecule has 5 heteroatoms. The lowest BCUT2D eigenvalue weighted by Gasteiger charge is -2.29. The van der Waals surface area contributed by atoms with Crippen LogP contribution in [0.2, 0.25) is 0 Å². The van der Waals surface area contributed by atoms with Crippen LogP contribution in [-0.2, 0) is 4.79 Å². The molecule has 4 heterocycles. The number of nitrogens with zero attached hydrogens (tertiary/aromatic N) is 3. The second-order valence-corrected chi connectivity index (χ2v) is 17.3. The number of amides is 1. The van der Waals surface area contributed by atoms with Gasteiger partial charge < -0.3 is 9.13 Å². The molecule has 9 aromatic rings. The van der Waals surface area contributed by atoms with E-state index in [-0.39, 0.29) is 11.2 Å². The van der Waals surface area contributed by atoms with Crippen molar-refractivity contribution >= 4 is 83.8 Å². The van der Waals surface area contributed by atoms with Gasteiger partial charge in [0.1, 0.15) is 5.25 Å². The minimum atomic E-state index is -0.0352. The molecule has 0 spiro atoms. The summed E-state index contributed by atoms with van der Waals surface area (Å²) in [7, 11) is 0. The molecule has 1 atom stereocenters. The lowest BCUT2D eigenvalue weighted by atomic mass is 9.85. The number of hydrogen-bond donors (Lipinski definition) is 0. The maximum Gasteiger partial charge on any atom is 0.425 e. The van der Waals surface area contributed by atoms with Gasteiger partial charge >= 0.3 is 5.91 Å². The summed E-state index contributed by atoms with van der Waals surface area (Å²) in [6, 6.07) is 57.1. The van der Waals surface area contributed by atoms with Crippen LogP contribution in [0.25, 0.3) is 77.3 Å². The minimum Gasteiger partial charge on any atom is -0.309 e. The zero-order chi connectivity index (χ0) is 39.5. The normalized spacial score (nSPS) is 16.8. The molecule has 0 saturated heterocycles. The quantitative estimate of drug-likeness (QED) is 0.166. The average molecular weight is 787 g/mol. The third-order valence-corrected chi connectivity index (χ3v) is 14.0. The predicted molar refractivity (Wildman–Crippen MR) is 249 cm³/mol. The lowest BCUT2D eigenvalue weighted by molar-refractivity contribution is -0.366. The lowest BCUT2D eigenvalue weighted by Crippen LogP contribution is -2.37. The SMILES string of the molecule is O=C1C2=C(CCC=C2)c2cc(-c3ccc4c(c3)c3ccccc3n4-c3ccccc3)cc3c2[N+]1=C1C=CC(c2ccc4c(c2)c2ccccc2n4-c2ccccc2)=CC1S3. The number of thioether (sulfide) groups is 1. The van der Waals surface area contributed by atoms with E-state index in [2.05, 4.69) is 197 Å². The molecule has 0 N–H and O–H groups in total. The van der Waals surface area contributed by atoms with E-state index in [1.54, 1.807) is 0 Å². The molecule has 13 rings (SSSR count). The van der Waals surface area contributed by atoms with Gasteiger partial charge in [-0.3, -0.25) is 0 Å². The van der Waals surface area contributed by atoms with Gasteiger partial charge in [0.15, 0.2) is 0 Å². The fourth-order valence-electron chi connectivity index (χ4n) is 10.2. The number of fused-ring (bicyclic) bond motifs is 8. The Bertz CT molecular complexity index is 3520. The number of carbonyl (C=O) groups is 1. The molecule has 1 unspecified atom stereocenters. The van der Waals surface area contributed by atoms with E-state index in [0.717, 1.165) is 57.2 Å². The summed E-state index contributed by atoms with van der Waals surface area (Å²) in [5, 5.41) is 4.89. The Balaban J connectivity index is 0.958. The van der Waals surface area contributed by atoms with Crippen LogP contribution in [0.1, 0.15) is 24.0 Å². The first-order chi connectivity index (χ1) is 29.7. The Hall–Kier alpha value is -7.21. The Kier molecular flexibility index (Phi) is 7.25. The molecule has 0 fully saturated rings. The van der Waals surface area contributed by atoms with Crippen LogP contribution in [0.15, 0.2) is 199 Å². The van der Waals surface area contributed by atoms with Crippen LogP contribution < -0.4 is 0 Å². The van der Waals surface area contributed by atoms with Gasteiger partial charge in [-0.2, -0.15) is 0 Å². The van der Waals surface area contributed by atoms with Gasteiger partial charge in [-0.1, -0.05) is 97.1 Å². The number of para-hydroxylation sites is 4. The summed E-state index contributed by atoms with van der Waals surface area (Å²) in [5.74, 6) is 0.0783. The number of benzene rings is 7. The molecular formula is C55H36N3OS+. The van der Waals surface area contributed by atoms with Crippen LogP contribution in [0.3, 0.4) is 0 Å². The molecule has 2 aliphatic heterocycles. The fraction of sp³-hybridized carbons (Fsp3) is 0.0545. The average Bonchev–Trinajstić information content (AvgIpc) is 3.82. The molecule has 282 valence electrons. The summed E-state index contributed by atoms with van der Waals surface area (Å²) in [6.45, 7) is 0. The molecule has 2 aliphatic carbocycles. The van der Waals surface area contributed by atoms with Crippen molar-refractivity contribution in [1.29, 1.82) is 0 Å². The second-order valence-electron chi connectivity index (χ2n) is 16.1. The Morgan fingerprint density at radius 1 is 0.550 bits per heavy atom. The van der Waals surface area contributed by atoms with Crippen molar-refractivity contribution in [1.82, 2.24) is 9.13 Å². The molecule has 2 aromatic heterocycles. The maximum atomic E-state index is 14.6. The second kappa shape index (κ2) is 12.9. The van der Waals surface area contributed by atoms with Crippen molar-refractivity contribution in [3.8, 4) is 22.5 Å². The smallest absolute Gasteiger partial charge is 0.309 e. The molecule has 1 amide bonds. The van der Waals surface area contributed by atoms with Crippen LogP contribution in [-0.4, -0.2) is 30.6 Å². The topological polar surface area (TPSA) is 29.9 Å². The first-order valence-corrected chi connectivity index (χ1v) is 21.6. The Labute approximate surface area is 351 Å². The molecule has 0 bridgehead atoms. The number of aromatic nitrogens is 2. The predicted octanol–water partition coefficient (Wildman–Crippen LogP) is 13.4. The van der Waals surface area contributed by atoms with Crippen molar-refractivity contribution < 1.29 is 9.37 Å². The summed E-state index contributed by atoms with van der Waals surface area (Å²) in [6.07, 6.45) is 12.8. The van der Waals surface area contributed by atoms with E-state index >= 15 is 0 Å². The molecule has 4 aliphatic rings. The first-order valence-electron chi connectivity index (χ1n) is 20.7.